The maximum absolute atomic E-state index is 10.5. The summed E-state index contributed by atoms with van der Waals surface area (Å²) < 4.78 is 21.0. The highest BCUT2D eigenvalue weighted by Crippen LogP contribution is 2.10. The fraction of sp³-hybridized carbons (Fsp3) is 1.00. The standard InChI is InChI=1S/C6H13NO2S/c1-7-4-2-6(3-5-7)10(8)9/h6,10H,2-5H2,1H3. The summed E-state index contributed by atoms with van der Waals surface area (Å²) in [5.74, 6) is 0. The first-order valence-electron chi connectivity index (χ1n) is 3.52. The minimum absolute atomic E-state index is 0.0498. The van der Waals surface area contributed by atoms with Gasteiger partial charge in [0.2, 0.25) is 0 Å². The Balaban J connectivity index is 2.40. The lowest BCUT2D eigenvalue weighted by molar-refractivity contribution is 0.279. The highest BCUT2D eigenvalue weighted by molar-refractivity contribution is 7.73. The molecule has 0 spiro atoms. The maximum Gasteiger partial charge on any atom is 0.143 e. The molecule has 0 radical (unpaired) electrons. The zero-order valence-corrected chi connectivity index (χ0v) is 7.01. The van der Waals surface area contributed by atoms with Crippen molar-refractivity contribution in [1.29, 1.82) is 0 Å². The van der Waals surface area contributed by atoms with Crippen LogP contribution in [0.5, 0.6) is 0 Å². The molecule has 3 nitrogen and oxygen atoms in total. The second-order valence-corrected chi connectivity index (χ2v) is 4.12. The minimum atomic E-state index is -2.16. The summed E-state index contributed by atoms with van der Waals surface area (Å²) in [7, 11) is -0.142. The third kappa shape index (κ3) is 1.95. The molecule has 1 saturated heterocycles. The van der Waals surface area contributed by atoms with Crippen LogP contribution in [0.15, 0.2) is 0 Å². The van der Waals surface area contributed by atoms with Crippen LogP contribution in [0.2, 0.25) is 0 Å². The molecule has 10 heavy (non-hydrogen) atoms. The molecule has 1 aliphatic rings. The van der Waals surface area contributed by atoms with Crippen LogP contribution < -0.4 is 0 Å². The van der Waals surface area contributed by atoms with E-state index in [0.717, 1.165) is 25.9 Å². The Bertz CT molecular complexity index is 163. The van der Waals surface area contributed by atoms with Crippen molar-refractivity contribution in [2.75, 3.05) is 20.1 Å². The highest BCUT2D eigenvalue weighted by Gasteiger charge is 2.17. The zero-order valence-electron chi connectivity index (χ0n) is 6.12. The summed E-state index contributed by atoms with van der Waals surface area (Å²) in [6.45, 7) is 1.85. The van der Waals surface area contributed by atoms with Crippen molar-refractivity contribution in [1.82, 2.24) is 4.90 Å². The van der Waals surface area contributed by atoms with Gasteiger partial charge in [-0.15, -0.1) is 0 Å². The molecule has 4 heteroatoms. The van der Waals surface area contributed by atoms with Crippen molar-refractivity contribution in [2.45, 2.75) is 18.1 Å². The van der Waals surface area contributed by atoms with Crippen molar-refractivity contribution in [3.8, 4) is 0 Å². The van der Waals surface area contributed by atoms with Gasteiger partial charge in [-0.05, 0) is 33.0 Å². The molecule has 1 heterocycles. The average Bonchev–Trinajstić information content (AvgIpc) is 1.88. The number of thiol groups is 1. The van der Waals surface area contributed by atoms with E-state index in [-0.39, 0.29) is 5.25 Å². The van der Waals surface area contributed by atoms with Crippen LogP contribution in [0.1, 0.15) is 12.8 Å². The van der Waals surface area contributed by atoms with Crippen molar-refractivity contribution in [2.24, 2.45) is 0 Å². The summed E-state index contributed by atoms with van der Waals surface area (Å²) in [5.41, 5.74) is 0. The Hall–Kier alpha value is -0.0900. The van der Waals surface area contributed by atoms with Gasteiger partial charge in [0.05, 0.1) is 5.25 Å². The van der Waals surface area contributed by atoms with E-state index in [4.69, 9.17) is 0 Å². The van der Waals surface area contributed by atoms with Crippen molar-refractivity contribution in [3.05, 3.63) is 0 Å². The van der Waals surface area contributed by atoms with E-state index in [2.05, 4.69) is 4.90 Å². The second kappa shape index (κ2) is 3.34. The van der Waals surface area contributed by atoms with Crippen LogP contribution in [0, 0.1) is 0 Å². The Morgan fingerprint density at radius 1 is 1.30 bits per heavy atom. The zero-order chi connectivity index (χ0) is 7.56. The quantitative estimate of drug-likeness (QED) is 0.539. The van der Waals surface area contributed by atoms with Gasteiger partial charge in [0, 0.05) is 0 Å². The molecule has 0 N–H and O–H groups in total. The van der Waals surface area contributed by atoms with E-state index in [9.17, 15) is 8.42 Å². The summed E-state index contributed by atoms with van der Waals surface area (Å²) in [5, 5.41) is -0.0498. The molecular weight excluding hydrogens is 150 g/mol. The van der Waals surface area contributed by atoms with Gasteiger partial charge in [-0.3, -0.25) is 0 Å². The Morgan fingerprint density at radius 3 is 2.20 bits per heavy atom. The summed E-state index contributed by atoms with van der Waals surface area (Å²) >= 11 is 0. The van der Waals surface area contributed by atoms with Gasteiger partial charge in [-0.25, -0.2) is 8.42 Å². The van der Waals surface area contributed by atoms with Gasteiger partial charge in [0.25, 0.3) is 0 Å². The summed E-state index contributed by atoms with van der Waals surface area (Å²) in [6.07, 6.45) is 1.63. The molecule has 0 aromatic rings. The van der Waals surface area contributed by atoms with Gasteiger partial charge >= 0.3 is 0 Å². The first-order chi connectivity index (χ1) is 4.70. The minimum Gasteiger partial charge on any atom is -0.306 e. The Labute approximate surface area is 63.0 Å². The average molecular weight is 163 g/mol. The molecule has 0 saturated carbocycles. The predicted octanol–water partition coefficient (Wildman–Crippen LogP) is -0.308. The number of piperidine rings is 1. The summed E-state index contributed by atoms with van der Waals surface area (Å²) in [4.78, 5) is 2.16. The van der Waals surface area contributed by atoms with E-state index in [1.165, 1.54) is 0 Å². The molecule has 1 rings (SSSR count). The number of hydrogen-bond donors (Lipinski definition) is 1. The van der Waals surface area contributed by atoms with Crippen LogP contribution in [0.4, 0.5) is 0 Å². The third-order valence-corrected chi connectivity index (χ3v) is 3.10. The van der Waals surface area contributed by atoms with Crippen LogP contribution in [0.3, 0.4) is 0 Å². The van der Waals surface area contributed by atoms with Crippen LogP contribution in [-0.2, 0) is 10.7 Å². The molecule has 0 unspecified atom stereocenters. The van der Waals surface area contributed by atoms with Gasteiger partial charge < -0.3 is 4.90 Å². The highest BCUT2D eigenvalue weighted by atomic mass is 32.2. The summed E-state index contributed by atoms with van der Waals surface area (Å²) in [6, 6.07) is 0. The molecule has 1 fully saturated rings. The SMILES string of the molecule is CN1CCC([SH](=O)=O)CC1. The number of likely N-dealkylation sites (tertiary alicyclic amines) is 1. The Kier molecular flexibility index (Phi) is 2.68. The first-order valence-corrected chi connectivity index (χ1v) is 4.77. The van der Waals surface area contributed by atoms with Crippen LogP contribution in [0.25, 0.3) is 0 Å². The van der Waals surface area contributed by atoms with Crippen LogP contribution >= 0.6 is 0 Å². The van der Waals surface area contributed by atoms with E-state index < -0.39 is 10.7 Å². The number of nitrogens with zero attached hydrogens (tertiary/aromatic N) is 1. The topological polar surface area (TPSA) is 37.4 Å². The van der Waals surface area contributed by atoms with E-state index in [1.807, 2.05) is 7.05 Å². The lowest BCUT2D eigenvalue weighted by atomic mass is 10.1. The van der Waals surface area contributed by atoms with Crippen LogP contribution in [-0.4, -0.2) is 38.7 Å². The Morgan fingerprint density at radius 2 is 1.80 bits per heavy atom. The smallest absolute Gasteiger partial charge is 0.143 e. The molecular formula is C6H13NO2S. The predicted molar refractivity (Wildman–Crippen MR) is 40.8 cm³/mol. The molecule has 0 bridgehead atoms. The van der Waals surface area contributed by atoms with Gasteiger partial charge in [-0.2, -0.15) is 0 Å². The lowest BCUT2D eigenvalue weighted by Crippen LogP contribution is -2.33. The molecule has 0 amide bonds. The molecule has 0 atom stereocenters. The fourth-order valence-electron chi connectivity index (χ4n) is 1.21. The van der Waals surface area contributed by atoms with Gasteiger partial charge in [0.1, 0.15) is 10.7 Å². The molecule has 60 valence electrons. The molecule has 0 aromatic heterocycles. The van der Waals surface area contributed by atoms with E-state index in [1.54, 1.807) is 0 Å². The van der Waals surface area contributed by atoms with Crippen molar-refractivity contribution < 1.29 is 8.42 Å². The van der Waals surface area contributed by atoms with E-state index in [0.29, 0.717) is 0 Å². The lowest BCUT2D eigenvalue weighted by Gasteiger charge is -2.25. The normalized spacial score (nSPS) is 23.8. The number of rotatable bonds is 1. The molecule has 0 aromatic carbocycles. The second-order valence-electron chi connectivity index (χ2n) is 2.82. The molecule has 0 aliphatic carbocycles. The van der Waals surface area contributed by atoms with E-state index >= 15 is 0 Å². The molecule has 1 aliphatic heterocycles. The van der Waals surface area contributed by atoms with Crippen molar-refractivity contribution >= 4 is 10.7 Å². The fourth-order valence-corrected chi connectivity index (χ4v) is 1.86. The third-order valence-electron chi connectivity index (χ3n) is 1.99. The van der Waals surface area contributed by atoms with Crippen molar-refractivity contribution in [3.63, 3.8) is 0 Å². The number of hydrogen-bond acceptors (Lipinski definition) is 3. The van der Waals surface area contributed by atoms with Gasteiger partial charge in [-0.1, -0.05) is 0 Å². The monoisotopic (exact) mass is 163 g/mol. The first kappa shape index (κ1) is 8.01. The van der Waals surface area contributed by atoms with Gasteiger partial charge in [0.15, 0.2) is 0 Å². The largest absolute Gasteiger partial charge is 0.306 e. The maximum atomic E-state index is 10.5.